The molecule has 1 saturated carbocycles. The first-order valence-electron chi connectivity index (χ1n) is 7.37. The summed E-state index contributed by atoms with van der Waals surface area (Å²) in [5.74, 6) is 0.528. The van der Waals surface area contributed by atoms with Crippen LogP contribution in [0.2, 0.25) is 0 Å². The van der Waals surface area contributed by atoms with E-state index in [1.165, 1.54) is 31.2 Å². The summed E-state index contributed by atoms with van der Waals surface area (Å²) in [6.45, 7) is 6.63. The third-order valence-electron chi connectivity index (χ3n) is 4.57. The molecule has 0 bridgehead atoms. The second kappa shape index (κ2) is 5.44. The fourth-order valence-corrected chi connectivity index (χ4v) is 3.23. The van der Waals surface area contributed by atoms with Crippen molar-refractivity contribution in [3.63, 3.8) is 0 Å². The molecule has 0 aromatic heterocycles. The van der Waals surface area contributed by atoms with Gasteiger partial charge < -0.3 is 5.11 Å². The average Bonchev–Trinajstić information content (AvgIpc) is 2.33. The Morgan fingerprint density at radius 2 is 1.89 bits per heavy atom. The van der Waals surface area contributed by atoms with Gasteiger partial charge >= 0.3 is 0 Å². The number of aliphatic hydroxyl groups is 1. The molecule has 2 rings (SSSR count). The Labute approximate surface area is 111 Å². The van der Waals surface area contributed by atoms with Gasteiger partial charge in [-0.25, -0.2) is 0 Å². The number of aliphatic hydroxyl groups excluding tert-OH is 1. The van der Waals surface area contributed by atoms with Crippen molar-refractivity contribution in [2.75, 3.05) is 0 Å². The molecule has 0 saturated heterocycles. The summed E-state index contributed by atoms with van der Waals surface area (Å²) < 4.78 is 0. The summed E-state index contributed by atoms with van der Waals surface area (Å²) in [7, 11) is 0. The molecular formula is C17H26O. The van der Waals surface area contributed by atoms with E-state index in [2.05, 4.69) is 45.0 Å². The molecule has 0 heterocycles. The Balaban J connectivity index is 2.22. The lowest BCUT2D eigenvalue weighted by Gasteiger charge is -2.46. The van der Waals surface area contributed by atoms with Gasteiger partial charge in [0.05, 0.1) is 6.10 Å². The van der Waals surface area contributed by atoms with Crippen LogP contribution in [0.25, 0.3) is 0 Å². The zero-order chi connectivity index (χ0) is 13.2. The first kappa shape index (κ1) is 13.6. The molecule has 0 spiro atoms. The quantitative estimate of drug-likeness (QED) is 0.790. The van der Waals surface area contributed by atoms with Gasteiger partial charge in [-0.2, -0.15) is 0 Å². The predicted octanol–water partition coefficient (Wildman–Crippen LogP) is 4.81. The fraction of sp³-hybridized carbons (Fsp3) is 0.647. The molecular weight excluding hydrogens is 220 g/mol. The van der Waals surface area contributed by atoms with Crippen LogP contribution >= 0.6 is 0 Å². The fourth-order valence-electron chi connectivity index (χ4n) is 3.23. The maximum absolute atomic E-state index is 10.7. The molecule has 1 fully saturated rings. The van der Waals surface area contributed by atoms with Gasteiger partial charge in [-0.05, 0) is 36.3 Å². The molecule has 1 unspecified atom stereocenters. The lowest BCUT2D eigenvalue weighted by Crippen LogP contribution is -2.36. The smallest absolute Gasteiger partial charge is 0.0846 e. The van der Waals surface area contributed by atoms with Gasteiger partial charge in [-0.15, -0.1) is 0 Å². The normalized spacial score (nSPS) is 19.6. The number of rotatable bonds is 5. The van der Waals surface area contributed by atoms with E-state index in [1.807, 2.05) is 0 Å². The first-order chi connectivity index (χ1) is 8.59. The molecule has 1 aliphatic rings. The summed E-state index contributed by atoms with van der Waals surface area (Å²) in [6, 6.07) is 8.54. The lowest BCUT2D eigenvalue weighted by molar-refractivity contribution is -0.0440. The Kier molecular flexibility index (Phi) is 4.11. The summed E-state index contributed by atoms with van der Waals surface area (Å²) in [6.07, 6.45) is 5.70. The van der Waals surface area contributed by atoms with E-state index in [9.17, 15) is 5.11 Å². The van der Waals surface area contributed by atoms with Crippen molar-refractivity contribution in [2.45, 2.75) is 64.9 Å². The Bertz CT molecular complexity index is 390. The minimum absolute atomic E-state index is 0.171. The molecule has 1 aliphatic carbocycles. The van der Waals surface area contributed by atoms with E-state index in [-0.39, 0.29) is 11.5 Å². The highest BCUT2D eigenvalue weighted by Crippen LogP contribution is 2.53. The highest BCUT2D eigenvalue weighted by molar-refractivity contribution is 5.28. The van der Waals surface area contributed by atoms with Crippen LogP contribution in [-0.4, -0.2) is 5.11 Å². The SMILES string of the molecule is CCCC1(C(O)c2cccc(C(C)C)c2)CCC1. The van der Waals surface area contributed by atoms with Crippen molar-refractivity contribution in [1.29, 1.82) is 0 Å². The summed E-state index contributed by atoms with van der Waals surface area (Å²) in [5, 5.41) is 10.7. The van der Waals surface area contributed by atoms with Gasteiger partial charge in [-0.3, -0.25) is 0 Å². The highest BCUT2D eigenvalue weighted by Gasteiger charge is 2.43. The van der Waals surface area contributed by atoms with Gasteiger partial charge in [0, 0.05) is 5.41 Å². The van der Waals surface area contributed by atoms with Crippen molar-refractivity contribution < 1.29 is 5.11 Å². The second-order valence-corrected chi connectivity index (χ2v) is 6.19. The van der Waals surface area contributed by atoms with Crippen LogP contribution in [0.4, 0.5) is 0 Å². The van der Waals surface area contributed by atoms with E-state index in [1.54, 1.807) is 0 Å². The first-order valence-corrected chi connectivity index (χ1v) is 7.37. The Morgan fingerprint density at radius 3 is 2.39 bits per heavy atom. The average molecular weight is 246 g/mol. The lowest BCUT2D eigenvalue weighted by atomic mass is 9.61. The van der Waals surface area contributed by atoms with Crippen molar-refractivity contribution in [2.24, 2.45) is 5.41 Å². The number of hydrogen-bond acceptors (Lipinski definition) is 1. The topological polar surface area (TPSA) is 20.2 Å². The summed E-state index contributed by atoms with van der Waals surface area (Å²) in [5.41, 5.74) is 2.62. The third-order valence-corrected chi connectivity index (χ3v) is 4.57. The highest BCUT2D eigenvalue weighted by atomic mass is 16.3. The van der Waals surface area contributed by atoms with Crippen LogP contribution in [0, 0.1) is 5.41 Å². The van der Waals surface area contributed by atoms with E-state index >= 15 is 0 Å². The number of hydrogen-bond donors (Lipinski definition) is 1. The minimum atomic E-state index is -0.273. The van der Waals surface area contributed by atoms with Gasteiger partial charge in [0.15, 0.2) is 0 Å². The van der Waals surface area contributed by atoms with E-state index in [4.69, 9.17) is 0 Å². The van der Waals surface area contributed by atoms with Crippen LogP contribution in [0.15, 0.2) is 24.3 Å². The molecule has 1 heteroatoms. The van der Waals surface area contributed by atoms with E-state index < -0.39 is 0 Å². The van der Waals surface area contributed by atoms with Crippen LogP contribution < -0.4 is 0 Å². The van der Waals surface area contributed by atoms with Gasteiger partial charge in [0.25, 0.3) is 0 Å². The third kappa shape index (κ3) is 2.47. The molecule has 0 aliphatic heterocycles. The second-order valence-electron chi connectivity index (χ2n) is 6.19. The molecule has 100 valence electrons. The summed E-state index contributed by atoms with van der Waals surface area (Å²) in [4.78, 5) is 0. The van der Waals surface area contributed by atoms with Crippen molar-refractivity contribution >= 4 is 0 Å². The van der Waals surface area contributed by atoms with E-state index in [0.29, 0.717) is 5.92 Å². The molecule has 1 atom stereocenters. The van der Waals surface area contributed by atoms with Crippen LogP contribution in [0.1, 0.15) is 76.0 Å². The van der Waals surface area contributed by atoms with Crippen LogP contribution in [0.3, 0.4) is 0 Å². The van der Waals surface area contributed by atoms with Crippen molar-refractivity contribution in [3.8, 4) is 0 Å². The molecule has 1 aromatic rings. The standard InChI is InChI=1S/C17H26O/c1-4-9-17(10-6-11-17)16(18)15-8-5-7-14(12-15)13(2)3/h5,7-8,12-13,16,18H,4,6,9-11H2,1-3H3. The monoisotopic (exact) mass is 246 g/mol. The van der Waals surface area contributed by atoms with E-state index in [0.717, 1.165) is 12.0 Å². The molecule has 18 heavy (non-hydrogen) atoms. The maximum Gasteiger partial charge on any atom is 0.0846 e. The maximum atomic E-state index is 10.7. The molecule has 1 N–H and O–H groups in total. The van der Waals surface area contributed by atoms with Gasteiger partial charge in [-0.1, -0.05) is 57.9 Å². The Morgan fingerprint density at radius 1 is 1.22 bits per heavy atom. The molecule has 0 radical (unpaired) electrons. The summed E-state index contributed by atoms with van der Waals surface area (Å²) >= 11 is 0. The van der Waals surface area contributed by atoms with Crippen LogP contribution in [0.5, 0.6) is 0 Å². The molecule has 1 aromatic carbocycles. The number of benzene rings is 1. The zero-order valence-corrected chi connectivity index (χ0v) is 11.9. The molecule has 1 nitrogen and oxygen atoms in total. The van der Waals surface area contributed by atoms with Crippen molar-refractivity contribution in [3.05, 3.63) is 35.4 Å². The largest absolute Gasteiger partial charge is 0.388 e. The Hall–Kier alpha value is -0.820. The minimum Gasteiger partial charge on any atom is -0.388 e. The van der Waals surface area contributed by atoms with Gasteiger partial charge in [0.1, 0.15) is 0 Å². The molecule has 0 amide bonds. The van der Waals surface area contributed by atoms with Gasteiger partial charge in [0.2, 0.25) is 0 Å². The zero-order valence-electron chi connectivity index (χ0n) is 11.9. The van der Waals surface area contributed by atoms with Crippen LogP contribution in [-0.2, 0) is 0 Å². The van der Waals surface area contributed by atoms with Crippen molar-refractivity contribution in [1.82, 2.24) is 0 Å². The predicted molar refractivity (Wildman–Crippen MR) is 76.7 cm³/mol.